The maximum Gasteiger partial charge on any atom is 0.354 e. The van der Waals surface area contributed by atoms with E-state index in [1.54, 1.807) is 24.3 Å². The number of fused-ring (bicyclic) bond motifs is 1. The molecule has 3 N–H and O–H groups in total. The van der Waals surface area contributed by atoms with Gasteiger partial charge in [0.05, 0.1) is 5.57 Å². The zero-order valence-electron chi connectivity index (χ0n) is 27.6. The van der Waals surface area contributed by atoms with Crippen molar-refractivity contribution in [3.8, 4) is 0 Å². The minimum Gasteiger partial charge on any atom is -0.477 e. The highest BCUT2D eigenvalue weighted by molar-refractivity contribution is 6.49. The predicted octanol–water partition coefficient (Wildman–Crippen LogP) is 9.84. The molecule has 5 rings (SSSR count). The van der Waals surface area contributed by atoms with Gasteiger partial charge in [-0.05, 0) is 109 Å². The Balaban J connectivity index is 1.28. The molecule has 6 heteroatoms. The molecule has 1 amide bonds. The molecule has 2 aliphatic rings. The van der Waals surface area contributed by atoms with Crippen molar-refractivity contribution in [2.45, 2.75) is 84.0 Å². The van der Waals surface area contributed by atoms with Gasteiger partial charge >= 0.3 is 5.97 Å². The number of benzene rings is 3. The summed E-state index contributed by atoms with van der Waals surface area (Å²) in [6.07, 6.45) is 19.4. The summed E-state index contributed by atoms with van der Waals surface area (Å²) >= 11 is 0. The summed E-state index contributed by atoms with van der Waals surface area (Å²) in [4.78, 5) is 27.4. The highest BCUT2D eigenvalue weighted by Gasteiger charge is 2.25. The van der Waals surface area contributed by atoms with Crippen molar-refractivity contribution >= 4 is 40.7 Å². The smallest absolute Gasteiger partial charge is 0.354 e. The van der Waals surface area contributed by atoms with E-state index in [1.807, 2.05) is 12.1 Å². The van der Waals surface area contributed by atoms with Gasteiger partial charge in [0.15, 0.2) is 5.71 Å². The van der Waals surface area contributed by atoms with Gasteiger partial charge in [0.1, 0.15) is 0 Å². The number of carboxylic acid groups (broad SMARTS) is 1. The standard InChI is InChI=1S/C41H47N3O3/c1-2-3-4-5-6-8-13-30-21-24-36(25-22-30)44-27-12-16-33-28-32(23-26-37(33)44)20-19-31-14-11-15-34(29-31)38(39(42)41(46)47)40(45)43-35-17-9-7-10-18-35/h7,9-10,17-26,28-29,42H,2-6,8,11-16,27H2,1H3,(H,43,45)(H,46,47)/b20-19+,38-34-,42-39?. The zero-order valence-corrected chi connectivity index (χ0v) is 27.6. The van der Waals surface area contributed by atoms with Crippen LogP contribution < -0.4 is 10.2 Å². The Hall–Kier alpha value is -4.71. The Morgan fingerprint density at radius 2 is 1.64 bits per heavy atom. The second kappa shape index (κ2) is 16.7. The van der Waals surface area contributed by atoms with Crippen LogP contribution in [0, 0.1) is 5.41 Å². The highest BCUT2D eigenvalue weighted by atomic mass is 16.4. The molecule has 0 saturated carbocycles. The zero-order chi connectivity index (χ0) is 33.0. The molecule has 0 unspecified atom stereocenters. The minimum atomic E-state index is -1.42. The first-order valence-electron chi connectivity index (χ1n) is 17.2. The molecular weight excluding hydrogens is 582 g/mol. The molecule has 47 heavy (non-hydrogen) atoms. The number of amides is 1. The van der Waals surface area contributed by atoms with Gasteiger partial charge in [0.2, 0.25) is 0 Å². The Bertz CT molecular complexity index is 1650. The molecule has 0 radical (unpaired) electrons. The van der Waals surface area contributed by atoms with Crippen molar-refractivity contribution in [2.24, 2.45) is 0 Å². The summed E-state index contributed by atoms with van der Waals surface area (Å²) in [6.45, 7) is 3.27. The second-order valence-corrected chi connectivity index (χ2v) is 12.6. The molecule has 3 aromatic rings. The number of anilines is 3. The van der Waals surface area contributed by atoms with Crippen LogP contribution >= 0.6 is 0 Å². The SMILES string of the molecule is CCCCCCCCc1ccc(N2CCCc3cc(/C=C/C4=CC(=C(/C(=N)C(=O)O)C(=O)Nc5ccccc5)/CCC4)ccc32)cc1. The van der Waals surface area contributed by atoms with Gasteiger partial charge < -0.3 is 15.3 Å². The van der Waals surface area contributed by atoms with Crippen molar-refractivity contribution in [3.05, 3.63) is 118 Å². The first-order chi connectivity index (χ1) is 22.9. The lowest BCUT2D eigenvalue weighted by molar-refractivity contribution is -0.129. The number of carbonyl (C=O) groups excluding carboxylic acids is 1. The van der Waals surface area contributed by atoms with Gasteiger partial charge in [0.25, 0.3) is 5.91 Å². The largest absolute Gasteiger partial charge is 0.477 e. The number of rotatable bonds is 14. The topological polar surface area (TPSA) is 93.5 Å². The summed E-state index contributed by atoms with van der Waals surface area (Å²) in [5, 5.41) is 20.6. The highest BCUT2D eigenvalue weighted by Crippen LogP contribution is 2.35. The average Bonchev–Trinajstić information content (AvgIpc) is 3.09. The Labute approximate surface area is 279 Å². The summed E-state index contributed by atoms with van der Waals surface area (Å²) in [5.41, 5.74) is 7.73. The fourth-order valence-electron chi connectivity index (χ4n) is 6.57. The molecule has 0 fully saturated rings. The van der Waals surface area contributed by atoms with Gasteiger partial charge in [-0.3, -0.25) is 10.2 Å². The van der Waals surface area contributed by atoms with Crippen LogP contribution in [-0.2, 0) is 22.4 Å². The molecule has 0 atom stereocenters. The second-order valence-electron chi connectivity index (χ2n) is 12.6. The Kier molecular flexibility index (Phi) is 12.0. The van der Waals surface area contributed by atoms with E-state index in [0.717, 1.165) is 49.8 Å². The third-order valence-electron chi connectivity index (χ3n) is 9.09. The van der Waals surface area contributed by atoms with Crippen molar-refractivity contribution in [3.63, 3.8) is 0 Å². The van der Waals surface area contributed by atoms with Crippen LogP contribution in [0.5, 0.6) is 0 Å². The fourth-order valence-corrected chi connectivity index (χ4v) is 6.57. The first kappa shape index (κ1) is 33.6. The quantitative estimate of drug-likeness (QED) is 0.0940. The van der Waals surface area contributed by atoms with Gasteiger partial charge in [-0.1, -0.05) is 93.7 Å². The normalized spacial score (nSPS) is 15.6. The maximum absolute atomic E-state index is 13.2. The Morgan fingerprint density at radius 3 is 2.40 bits per heavy atom. The lowest BCUT2D eigenvalue weighted by Crippen LogP contribution is -2.27. The number of para-hydroxylation sites is 1. The number of unbranched alkanes of at least 4 members (excludes halogenated alkanes) is 5. The van der Waals surface area contributed by atoms with E-state index in [2.05, 4.69) is 71.8 Å². The van der Waals surface area contributed by atoms with Gasteiger partial charge in [-0.25, -0.2) is 4.79 Å². The molecular formula is C41H47N3O3. The molecule has 244 valence electrons. The molecule has 0 aromatic heterocycles. The number of allylic oxidation sites excluding steroid dienone is 4. The molecule has 0 bridgehead atoms. The van der Waals surface area contributed by atoms with E-state index < -0.39 is 17.6 Å². The van der Waals surface area contributed by atoms with Crippen LogP contribution in [0.2, 0.25) is 0 Å². The molecule has 1 heterocycles. The third kappa shape index (κ3) is 9.19. The summed E-state index contributed by atoms with van der Waals surface area (Å²) in [6, 6.07) is 24.7. The molecule has 6 nitrogen and oxygen atoms in total. The maximum atomic E-state index is 13.2. The molecule has 1 aliphatic heterocycles. The number of nitrogens with one attached hydrogen (secondary N) is 2. The van der Waals surface area contributed by atoms with Crippen LogP contribution in [0.25, 0.3) is 6.08 Å². The van der Waals surface area contributed by atoms with E-state index in [4.69, 9.17) is 5.41 Å². The van der Waals surface area contributed by atoms with E-state index >= 15 is 0 Å². The first-order valence-corrected chi connectivity index (χ1v) is 17.2. The molecule has 0 saturated heterocycles. The molecule has 3 aromatic carbocycles. The number of aliphatic carboxylic acids is 1. The average molecular weight is 630 g/mol. The van der Waals surface area contributed by atoms with Gasteiger partial charge in [-0.15, -0.1) is 0 Å². The lowest BCUT2D eigenvalue weighted by atomic mass is 9.89. The molecule has 1 aliphatic carbocycles. The number of carbonyl (C=O) groups is 2. The van der Waals surface area contributed by atoms with Crippen LogP contribution in [0.15, 0.2) is 102 Å². The number of aryl methyl sites for hydroxylation is 2. The van der Waals surface area contributed by atoms with E-state index in [9.17, 15) is 14.7 Å². The van der Waals surface area contributed by atoms with Crippen molar-refractivity contribution in [2.75, 3.05) is 16.8 Å². The van der Waals surface area contributed by atoms with Crippen LogP contribution in [0.4, 0.5) is 17.1 Å². The van der Waals surface area contributed by atoms with Crippen LogP contribution in [0.1, 0.15) is 87.8 Å². The number of carboxylic acids is 1. The van der Waals surface area contributed by atoms with Crippen molar-refractivity contribution in [1.82, 2.24) is 0 Å². The monoisotopic (exact) mass is 629 g/mol. The minimum absolute atomic E-state index is 0.0868. The van der Waals surface area contributed by atoms with E-state index in [1.165, 1.54) is 61.0 Å². The van der Waals surface area contributed by atoms with Crippen LogP contribution in [-0.4, -0.2) is 29.2 Å². The van der Waals surface area contributed by atoms with Crippen LogP contribution in [0.3, 0.4) is 0 Å². The number of hydrogen-bond donors (Lipinski definition) is 3. The van der Waals surface area contributed by atoms with Gasteiger partial charge in [-0.2, -0.15) is 0 Å². The number of hydrogen-bond acceptors (Lipinski definition) is 4. The summed E-state index contributed by atoms with van der Waals surface area (Å²) < 4.78 is 0. The Morgan fingerprint density at radius 1 is 0.872 bits per heavy atom. The van der Waals surface area contributed by atoms with E-state index in [0.29, 0.717) is 17.7 Å². The number of nitrogens with zero attached hydrogens (tertiary/aromatic N) is 1. The lowest BCUT2D eigenvalue weighted by Gasteiger charge is -2.31. The fraction of sp³-hybridized carbons (Fsp3) is 0.341. The van der Waals surface area contributed by atoms with Crippen molar-refractivity contribution < 1.29 is 14.7 Å². The van der Waals surface area contributed by atoms with Crippen molar-refractivity contribution in [1.29, 1.82) is 5.41 Å². The predicted molar refractivity (Wildman–Crippen MR) is 194 cm³/mol. The third-order valence-corrected chi connectivity index (χ3v) is 9.09. The summed E-state index contributed by atoms with van der Waals surface area (Å²) in [7, 11) is 0. The van der Waals surface area contributed by atoms with E-state index in [-0.39, 0.29) is 5.57 Å². The summed E-state index contributed by atoms with van der Waals surface area (Å²) in [5.74, 6) is -1.99. The molecule has 0 spiro atoms. The van der Waals surface area contributed by atoms with Gasteiger partial charge in [0, 0.05) is 23.6 Å².